The number of aromatic hydroxyl groups is 1. The maximum atomic E-state index is 9.68. The largest absolute Gasteiger partial charge is 0.508 e. The Kier molecular flexibility index (Phi) is 2.50. The van der Waals surface area contributed by atoms with Crippen LogP contribution in [0.2, 0.25) is 0 Å². The first-order valence-corrected chi connectivity index (χ1v) is 4.56. The third kappa shape index (κ3) is 1.94. The Balaban J connectivity index is 3.16. The van der Waals surface area contributed by atoms with E-state index in [4.69, 9.17) is 5.73 Å². The van der Waals surface area contributed by atoms with Gasteiger partial charge in [0.15, 0.2) is 0 Å². The van der Waals surface area contributed by atoms with Gasteiger partial charge in [0.1, 0.15) is 5.75 Å². The highest BCUT2D eigenvalue weighted by atomic mass is 16.3. The second-order valence-electron chi connectivity index (χ2n) is 4.01. The van der Waals surface area contributed by atoms with Gasteiger partial charge in [-0.05, 0) is 23.5 Å². The van der Waals surface area contributed by atoms with Gasteiger partial charge in [0.25, 0.3) is 0 Å². The molecule has 0 aliphatic rings. The Bertz CT molecular complexity index is 305. The lowest BCUT2D eigenvalue weighted by Gasteiger charge is -2.24. The Labute approximate surface area is 79.4 Å². The summed E-state index contributed by atoms with van der Waals surface area (Å²) < 4.78 is 0. The fourth-order valence-electron chi connectivity index (χ4n) is 1.31. The van der Waals surface area contributed by atoms with Gasteiger partial charge in [0.05, 0.1) is 0 Å². The second kappa shape index (κ2) is 3.29. The van der Waals surface area contributed by atoms with E-state index >= 15 is 0 Å². The zero-order valence-corrected chi connectivity index (χ0v) is 8.46. The molecule has 2 heteroatoms. The van der Waals surface area contributed by atoms with Crippen molar-refractivity contribution in [3.05, 3.63) is 23.8 Å². The number of benzene rings is 1. The van der Waals surface area contributed by atoms with E-state index < -0.39 is 0 Å². The number of nitrogen functional groups attached to an aromatic ring is 1. The van der Waals surface area contributed by atoms with E-state index in [0.717, 1.165) is 12.0 Å². The van der Waals surface area contributed by atoms with Crippen LogP contribution in [0.15, 0.2) is 18.2 Å². The van der Waals surface area contributed by atoms with Gasteiger partial charge < -0.3 is 10.8 Å². The van der Waals surface area contributed by atoms with Gasteiger partial charge in [-0.1, -0.05) is 26.8 Å². The highest BCUT2D eigenvalue weighted by molar-refractivity contribution is 5.50. The number of hydrogen-bond donors (Lipinski definition) is 2. The lowest BCUT2D eigenvalue weighted by atomic mass is 9.81. The summed E-state index contributed by atoms with van der Waals surface area (Å²) in [6, 6.07) is 5.33. The van der Waals surface area contributed by atoms with Crippen molar-refractivity contribution in [3.8, 4) is 5.75 Å². The van der Waals surface area contributed by atoms with Gasteiger partial charge in [0, 0.05) is 11.8 Å². The highest BCUT2D eigenvalue weighted by Gasteiger charge is 2.21. The number of anilines is 1. The fourth-order valence-corrected chi connectivity index (χ4v) is 1.31. The average Bonchev–Trinajstić information content (AvgIpc) is 2.03. The zero-order valence-electron chi connectivity index (χ0n) is 8.46. The van der Waals surface area contributed by atoms with Gasteiger partial charge in [-0.2, -0.15) is 0 Å². The van der Waals surface area contributed by atoms with Crippen molar-refractivity contribution >= 4 is 5.69 Å². The Morgan fingerprint density at radius 1 is 1.38 bits per heavy atom. The van der Waals surface area contributed by atoms with E-state index in [-0.39, 0.29) is 5.41 Å². The number of rotatable bonds is 2. The minimum Gasteiger partial charge on any atom is -0.508 e. The summed E-state index contributed by atoms with van der Waals surface area (Å²) in [5, 5.41) is 9.68. The molecule has 3 N–H and O–H groups in total. The Hall–Kier alpha value is -1.18. The van der Waals surface area contributed by atoms with Crippen molar-refractivity contribution in [2.45, 2.75) is 32.6 Å². The van der Waals surface area contributed by atoms with Crippen LogP contribution in [0.4, 0.5) is 5.69 Å². The fraction of sp³-hybridized carbons (Fsp3) is 0.455. The molecule has 0 aromatic heterocycles. The molecule has 1 aromatic rings. The number of nitrogens with two attached hydrogens (primary N) is 1. The summed E-state index contributed by atoms with van der Waals surface area (Å²) in [6.45, 7) is 6.33. The predicted molar refractivity (Wildman–Crippen MR) is 55.8 cm³/mol. The quantitative estimate of drug-likeness (QED) is 0.685. The van der Waals surface area contributed by atoms with Crippen LogP contribution in [0.1, 0.15) is 32.8 Å². The van der Waals surface area contributed by atoms with Crippen molar-refractivity contribution < 1.29 is 5.11 Å². The molecule has 2 nitrogen and oxygen atoms in total. The van der Waals surface area contributed by atoms with E-state index in [1.54, 1.807) is 6.07 Å². The molecule has 0 radical (unpaired) electrons. The predicted octanol–water partition coefficient (Wildman–Crippen LogP) is 2.66. The molecule has 13 heavy (non-hydrogen) atoms. The molecule has 0 aliphatic carbocycles. The summed E-state index contributed by atoms with van der Waals surface area (Å²) in [6.07, 6.45) is 0.991. The monoisotopic (exact) mass is 179 g/mol. The third-order valence-corrected chi connectivity index (χ3v) is 2.63. The minimum absolute atomic E-state index is 0.0117. The number of phenolic OH excluding ortho intramolecular Hbond substituents is 1. The van der Waals surface area contributed by atoms with Gasteiger partial charge in [-0.15, -0.1) is 0 Å². The standard InChI is InChI=1S/C11H17NO/c1-4-11(2,3)9-6-5-8(12)7-10(9)13/h5-7,13H,4,12H2,1-3H3. The summed E-state index contributed by atoms with van der Waals surface area (Å²) in [5.41, 5.74) is 7.13. The second-order valence-corrected chi connectivity index (χ2v) is 4.01. The Morgan fingerprint density at radius 3 is 2.46 bits per heavy atom. The highest BCUT2D eigenvalue weighted by Crippen LogP contribution is 2.34. The van der Waals surface area contributed by atoms with Crippen LogP contribution < -0.4 is 5.73 Å². The van der Waals surface area contributed by atoms with Crippen LogP contribution in [0.25, 0.3) is 0 Å². The van der Waals surface area contributed by atoms with E-state index in [9.17, 15) is 5.11 Å². The van der Waals surface area contributed by atoms with Crippen LogP contribution in [0.3, 0.4) is 0 Å². The van der Waals surface area contributed by atoms with Gasteiger partial charge in [-0.25, -0.2) is 0 Å². The Morgan fingerprint density at radius 2 is 2.00 bits per heavy atom. The molecule has 1 rings (SSSR count). The number of hydrogen-bond acceptors (Lipinski definition) is 2. The summed E-state index contributed by atoms with van der Waals surface area (Å²) in [4.78, 5) is 0. The summed E-state index contributed by atoms with van der Waals surface area (Å²) in [5.74, 6) is 0.298. The van der Waals surface area contributed by atoms with Crippen molar-refractivity contribution in [1.29, 1.82) is 0 Å². The van der Waals surface area contributed by atoms with Crippen molar-refractivity contribution in [1.82, 2.24) is 0 Å². The molecule has 0 amide bonds. The molecule has 0 heterocycles. The summed E-state index contributed by atoms with van der Waals surface area (Å²) >= 11 is 0. The van der Waals surface area contributed by atoms with Gasteiger partial charge >= 0.3 is 0 Å². The first kappa shape index (κ1) is 9.90. The maximum absolute atomic E-state index is 9.68. The zero-order chi connectivity index (χ0) is 10.1. The van der Waals surface area contributed by atoms with Crippen molar-refractivity contribution in [2.24, 2.45) is 0 Å². The molecule has 0 atom stereocenters. The average molecular weight is 179 g/mol. The minimum atomic E-state index is 0.0117. The lowest BCUT2D eigenvalue weighted by Crippen LogP contribution is -2.15. The van der Waals surface area contributed by atoms with Crippen molar-refractivity contribution in [3.63, 3.8) is 0 Å². The molecule has 72 valence electrons. The molecule has 0 bridgehead atoms. The molecule has 0 saturated heterocycles. The topological polar surface area (TPSA) is 46.2 Å². The number of phenols is 1. The smallest absolute Gasteiger partial charge is 0.121 e. The lowest BCUT2D eigenvalue weighted by molar-refractivity contribution is 0.429. The first-order valence-electron chi connectivity index (χ1n) is 4.56. The van der Waals surface area contributed by atoms with Crippen LogP contribution >= 0.6 is 0 Å². The molecule has 0 saturated carbocycles. The van der Waals surface area contributed by atoms with Crippen LogP contribution in [0.5, 0.6) is 5.75 Å². The van der Waals surface area contributed by atoms with E-state index in [2.05, 4.69) is 20.8 Å². The normalized spacial score (nSPS) is 11.6. The molecule has 0 spiro atoms. The van der Waals surface area contributed by atoms with E-state index in [1.807, 2.05) is 12.1 Å². The van der Waals surface area contributed by atoms with E-state index in [1.165, 1.54) is 0 Å². The van der Waals surface area contributed by atoms with Crippen LogP contribution in [-0.4, -0.2) is 5.11 Å². The van der Waals surface area contributed by atoms with Crippen LogP contribution in [0, 0.1) is 0 Å². The van der Waals surface area contributed by atoms with Crippen LogP contribution in [-0.2, 0) is 5.41 Å². The van der Waals surface area contributed by atoms with E-state index in [0.29, 0.717) is 11.4 Å². The molecule has 1 aromatic carbocycles. The molecule has 0 aliphatic heterocycles. The summed E-state index contributed by atoms with van der Waals surface area (Å²) in [7, 11) is 0. The van der Waals surface area contributed by atoms with Gasteiger partial charge in [0.2, 0.25) is 0 Å². The molecular formula is C11H17NO. The molecule has 0 unspecified atom stereocenters. The van der Waals surface area contributed by atoms with Gasteiger partial charge in [-0.3, -0.25) is 0 Å². The maximum Gasteiger partial charge on any atom is 0.121 e. The molecular weight excluding hydrogens is 162 g/mol. The van der Waals surface area contributed by atoms with Crippen molar-refractivity contribution in [2.75, 3.05) is 5.73 Å². The SMILES string of the molecule is CCC(C)(C)c1ccc(N)cc1O. The first-order chi connectivity index (χ1) is 5.97. The molecule has 0 fully saturated rings. The third-order valence-electron chi connectivity index (χ3n) is 2.63.